The maximum Gasteiger partial charge on any atom is 0.257 e. The highest BCUT2D eigenvalue weighted by atomic mass is 16.3. The Balaban J connectivity index is 1.78. The summed E-state index contributed by atoms with van der Waals surface area (Å²) in [7, 11) is 4.02. The van der Waals surface area contributed by atoms with E-state index in [1.54, 1.807) is 0 Å². The summed E-state index contributed by atoms with van der Waals surface area (Å²) >= 11 is 0. The van der Waals surface area contributed by atoms with Gasteiger partial charge in [-0.1, -0.05) is 25.1 Å². The average Bonchev–Trinajstić information content (AvgIpc) is 3.31. The highest BCUT2D eigenvalue weighted by Gasteiger charge is 2.27. The Morgan fingerprint density at radius 3 is 2.64 bits per heavy atom. The van der Waals surface area contributed by atoms with E-state index in [0.29, 0.717) is 0 Å². The van der Waals surface area contributed by atoms with Crippen molar-refractivity contribution in [2.45, 2.75) is 32.2 Å². The van der Waals surface area contributed by atoms with Gasteiger partial charge < -0.3 is 14.2 Å². The van der Waals surface area contributed by atoms with Gasteiger partial charge in [-0.2, -0.15) is 0 Å². The molecule has 1 amide bonds. The second kappa shape index (κ2) is 6.13. The number of amides is 1. The molecule has 1 aromatic carbocycles. The van der Waals surface area contributed by atoms with Crippen molar-refractivity contribution in [3.05, 3.63) is 35.6 Å². The molecule has 1 aromatic heterocycles. The number of rotatable bonds is 6. The number of furan rings is 1. The van der Waals surface area contributed by atoms with Crippen LogP contribution >= 0.6 is 0 Å². The van der Waals surface area contributed by atoms with Gasteiger partial charge in [0, 0.05) is 38.0 Å². The molecule has 1 aliphatic carbocycles. The van der Waals surface area contributed by atoms with Crippen LogP contribution in [0.5, 0.6) is 0 Å². The van der Waals surface area contributed by atoms with Crippen molar-refractivity contribution in [3.63, 3.8) is 0 Å². The van der Waals surface area contributed by atoms with Crippen LogP contribution in [0.1, 0.15) is 35.9 Å². The molecule has 1 saturated carbocycles. The molecule has 4 nitrogen and oxygen atoms in total. The predicted molar refractivity (Wildman–Crippen MR) is 88.2 cm³/mol. The van der Waals surface area contributed by atoms with Crippen molar-refractivity contribution in [3.8, 4) is 0 Å². The molecule has 0 bridgehead atoms. The van der Waals surface area contributed by atoms with Gasteiger partial charge in [0.25, 0.3) is 5.91 Å². The van der Waals surface area contributed by atoms with Crippen LogP contribution in [0, 0.1) is 0 Å². The van der Waals surface area contributed by atoms with Gasteiger partial charge >= 0.3 is 0 Å². The number of nitrogens with zero attached hydrogens (tertiary/aromatic N) is 2. The molecule has 0 spiro atoms. The quantitative estimate of drug-likeness (QED) is 0.822. The fourth-order valence-electron chi connectivity index (χ4n) is 2.88. The molecule has 22 heavy (non-hydrogen) atoms. The first-order valence-corrected chi connectivity index (χ1v) is 8.08. The molecule has 0 radical (unpaired) electrons. The van der Waals surface area contributed by atoms with Gasteiger partial charge in [-0.15, -0.1) is 0 Å². The Morgan fingerprint density at radius 2 is 1.95 bits per heavy atom. The smallest absolute Gasteiger partial charge is 0.257 e. The molecule has 2 aromatic rings. The number of hydrogen-bond acceptors (Lipinski definition) is 3. The Bertz CT molecular complexity index is 673. The van der Waals surface area contributed by atoms with Crippen LogP contribution in [0.2, 0.25) is 0 Å². The summed E-state index contributed by atoms with van der Waals surface area (Å²) < 4.78 is 5.84. The molecule has 1 aliphatic rings. The zero-order valence-electron chi connectivity index (χ0n) is 13.6. The largest absolute Gasteiger partial charge is 0.460 e. The third-order valence-corrected chi connectivity index (χ3v) is 4.51. The lowest BCUT2D eigenvalue weighted by molar-refractivity contribution is 0.0781. The van der Waals surface area contributed by atoms with E-state index in [1.165, 1.54) is 12.8 Å². The Kier molecular flexibility index (Phi) is 4.21. The van der Waals surface area contributed by atoms with E-state index in [2.05, 4.69) is 11.9 Å². The highest BCUT2D eigenvalue weighted by molar-refractivity contribution is 6.07. The number of carbonyl (C=O) groups excluding carboxylic acids is 1. The van der Waals surface area contributed by atoms with Crippen molar-refractivity contribution < 1.29 is 9.21 Å². The second-order valence-electron chi connectivity index (χ2n) is 6.19. The third kappa shape index (κ3) is 2.88. The van der Waals surface area contributed by atoms with Crippen LogP contribution in [0.3, 0.4) is 0 Å². The molecule has 0 aliphatic heterocycles. The zero-order valence-corrected chi connectivity index (χ0v) is 13.6. The maximum atomic E-state index is 12.8. The summed E-state index contributed by atoms with van der Waals surface area (Å²) in [6.07, 6.45) is 3.31. The summed E-state index contributed by atoms with van der Waals surface area (Å²) in [6, 6.07) is 8.51. The van der Waals surface area contributed by atoms with Crippen molar-refractivity contribution in [1.29, 1.82) is 0 Å². The fraction of sp³-hybridized carbons (Fsp3) is 0.500. The van der Waals surface area contributed by atoms with Crippen LogP contribution in [0.4, 0.5) is 0 Å². The van der Waals surface area contributed by atoms with Gasteiger partial charge in [0.15, 0.2) is 0 Å². The average molecular weight is 300 g/mol. The summed E-state index contributed by atoms with van der Waals surface area (Å²) in [5.74, 6) is 0.847. The molecule has 3 rings (SSSR count). The molecular formula is C18H24N2O2. The summed E-state index contributed by atoms with van der Waals surface area (Å²) in [5.41, 5.74) is 1.53. The fourth-order valence-corrected chi connectivity index (χ4v) is 2.88. The van der Waals surface area contributed by atoms with Crippen LogP contribution in [0.15, 0.2) is 28.7 Å². The molecule has 0 atom stereocenters. The molecule has 0 unspecified atom stereocenters. The number of carbonyl (C=O) groups is 1. The standard InChI is InChI=1S/C18H24N2O2/c1-4-15-17(14-7-5-6-8-16(14)22-15)18(21)20(3)12-11-19(2)13-9-10-13/h5-8,13H,4,9-12H2,1-3H3. The van der Waals surface area contributed by atoms with Gasteiger partial charge in [0.05, 0.1) is 5.56 Å². The normalized spacial score (nSPS) is 14.7. The lowest BCUT2D eigenvalue weighted by Gasteiger charge is -2.22. The third-order valence-electron chi connectivity index (χ3n) is 4.51. The molecule has 1 fully saturated rings. The molecule has 1 heterocycles. The van der Waals surface area contributed by atoms with Gasteiger partial charge in [-0.3, -0.25) is 4.79 Å². The van der Waals surface area contributed by atoms with E-state index in [-0.39, 0.29) is 5.91 Å². The number of fused-ring (bicyclic) bond motifs is 1. The number of hydrogen-bond donors (Lipinski definition) is 0. The summed E-state index contributed by atoms with van der Waals surface area (Å²) in [4.78, 5) is 17.0. The maximum absolute atomic E-state index is 12.8. The summed E-state index contributed by atoms with van der Waals surface area (Å²) in [5, 5.41) is 0.923. The van der Waals surface area contributed by atoms with E-state index in [4.69, 9.17) is 4.42 Å². The summed E-state index contributed by atoms with van der Waals surface area (Å²) in [6.45, 7) is 3.69. The molecule has 4 heteroatoms. The van der Waals surface area contributed by atoms with Crippen molar-refractivity contribution in [2.75, 3.05) is 27.2 Å². The van der Waals surface area contributed by atoms with Gasteiger partial charge in [-0.25, -0.2) is 0 Å². The Morgan fingerprint density at radius 1 is 1.23 bits per heavy atom. The minimum atomic E-state index is 0.0611. The lowest BCUT2D eigenvalue weighted by atomic mass is 10.1. The highest BCUT2D eigenvalue weighted by Crippen LogP contribution is 2.28. The number of aryl methyl sites for hydroxylation is 1. The second-order valence-corrected chi connectivity index (χ2v) is 6.19. The minimum absolute atomic E-state index is 0.0611. The number of para-hydroxylation sites is 1. The van der Waals surface area contributed by atoms with E-state index in [0.717, 1.165) is 47.8 Å². The van der Waals surface area contributed by atoms with Crippen molar-refractivity contribution in [1.82, 2.24) is 9.80 Å². The Hall–Kier alpha value is -1.81. The first kappa shape index (κ1) is 15.1. The zero-order chi connectivity index (χ0) is 15.7. The number of likely N-dealkylation sites (N-methyl/N-ethyl adjacent to an activating group) is 2. The van der Waals surface area contributed by atoms with Crippen molar-refractivity contribution in [2.24, 2.45) is 0 Å². The van der Waals surface area contributed by atoms with Crippen LogP contribution < -0.4 is 0 Å². The lowest BCUT2D eigenvalue weighted by Crippen LogP contribution is -2.35. The SMILES string of the molecule is CCc1oc2ccccc2c1C(=O)N(C)CCN(C)C1CC1. The molecule has 118 valence electrons. The Labute approximate surface area is 131 Å². The number of benzene rings is 1. The monoisotopic (exact) mass is 300 g/mol. The van der Waals surface area contributed by atoms with E-state index in [1.807, 2.05) is 43.1 Å². The van der Waals surface area contributed by atoms with E-state index in [9.17, 15) is 4.79 Å². The topological polar surface area (TPSA) is 36.7 Å². The van der Waals surface area contributed by atoms with Crippen LogP contribution in [-0.4, -0.2) is 48.9 Å². The first-order chi connectivity index (χ1) is 10.6. The minimum Gasteiger partial charge on any atom is -0.460 e. The molecule has 0 saturated heterocycles. The van der Waals surface area contributed by atoms with E-state index >= 15 is 0 Å². The molecular weight excluding hydrogens is 276 g/mol. The van der Waals surface area contributed by atoms with Crippen LogP contribution in [-0.2, 0) is 6.42 Å². The molecule has 0 N–H and O–H groups in total. The first-order valence-electron chi connectivity index (χ1n) is 8.08. The van der Waals surface area contributed by atoms with Gasteiger partial charge in [-0.05, 0) is 26.0 Å². The van der Waals surface area contributed by atoms with Gasteiger partial charge in [0.2, 0.25) is 0 Å². The van der Waals surface area contributed by atoms with Crippen molar-refractivity contribution >= 4 is 16.9 Å². The van der Waals surface area contributed by atoms with Gasteiger partial charge in [0.1, 0.15) is 11.3 Å². The predicted octanol–water partition coefficient (Wildman–Crippen LogP) is 3.16. The van der Waals surface area contributed by atoms with E-state index < -0.39 is 0 Å². The van der Waals surface area contributed by atoms with Crippen LogP contribution in [0.25, 0.3) is 11.0 Å².